The van der Waals surface area contributed by atoms with Gasteiger partial charge in [-0.3, -0.25) is 4.79 Å². The van der Waals surface area contributed by atoms with Crippen LogP contribution >= 0.6 is 0 Å². The molecular formula is C17H19F2NO4. The van der Waals surface area contributed by atoms with Gasteiger partial charge in [-0.2, -0.15) is 0 Å². The number of carbonyl (C=O) groups is 2. The number of esters is 1. The lowest BCUT2D eigenvalue weighted by molar-refractivity contribution is -0.151. The number of benzene rings is 1. The third-order valence-electron chi connectivity index (χ3n) is 3.57. The minimum Gasteiger partial charge on any atom is -0.467 e. The molecule has 0 unspecified atom stereocenters. The number of amides is 1. The quantitative estimate of drug-likeness (QED) is 0.748. The fourth-order valence-corrected chi connectivity index (χ4v) is 2.47. The van der Waals surface area contributed by atoms with Crippen LogP contribution in [-0.4, -0.2) is 36.5 Å². The summed E-state index contributed by atoms with van der Waals surface area (Å²) in [6.45, 7) is 3.83. The number of methoxy groups -OCH3 is 1. The molecule has 24 heavy (non-hydrogen) atoms. The molecular weight excluding hydrogens is 320 g/mol. The zero-order chi connectivity index (χ0) is 17.9. The highest BCUT2D eigenvalue weighted by molar-refractivity contribution is 5.94. The van der Waals surface area contributed by atoms with E-state index in [1.807, 2.05) is 13.8 Å². The first-order chi connectivity index (χ1) is 11.3. The van der Waals surface area contributed by atoms with Crippen molar-refractivity contribution in [1.82, 2.24) is 4.90 Å². The van der Waals surface area contributed by atoms with Crippen molar-refractivity contribution in [2.75, 3.05) is 13.7 Å². The van der Waals surface area contributed by atoms with Crippen molar-refractivity contribution in [3.05, 3.63) is 41.7 Å². The number of carbonyl (C=O) groups excluding carboxylic acids is 2. The number of rotatable bonds is 6. The van der Waals surface area contributed by atoms with Crippen molar-refractivity contribution in [2.24, 2.45) is 5.92 Å². The maximum Gasteiger partial charge on any atom is 0.328 e. The Labute approximate surface area is 138 Å². The lowest BCUT2D eigenvalue weighted by Gasteiger charge is -2.27. The van der Waals surface area contributed by atoms with Crippen LogP contribution in [0.25, 0.3) is 0 Å². The summed E-state index contributed by atoms with van der Waals surface area (Å²) in [4.78, 5) is 25.4. The van der Waals surface area contributed by atoms with E-state index < -0.39 is 29.6 Å². The Morgan fingerprint density at radius 1 is 1.33 bits per heavy atom. The van der Waals surface area contributed by atoms with Crippen molar-refractivity contribution in [1.29, 1.82) is 0 Å². The van der Waals surface area contributed by atoms with Crippen molar-refractivity contribution in [2.45, 2.75) is 26.3 Å². The van der Waals surface area contributed by atoms with Crippen LogP contribution in [0.5, 0.6) is 5.75 Å². The number of ether oxygens (including phenoxy) is 2. The second kappa shape index (κ2) is 7.42. The van der Waals surface area contributed by atoms with E-state index in [-0.39, 0.29) is 24.0 Å². The first kappa shape index (κ1) is 17.9. The molecule has 1 aliphatic heterocycles. The van der Waals surface area contributed by atoms with E-state index in [2.05, 4.69) is 0 Å². The van der Waals surface area contributed by atoms with Gasteiger partial charge in [0.1, 0.15) is 17.6 Å². The highest BCUT2D eigenvalue weighted by atomic mass is 19.1. The number of hydrogen-bond acceptors (Lipinski definition) is 4. The molecule has 0 aromatic heterocycles. The lowest BCUT2D eigenvalue weighted by Crippen LogP contribution is -2.44. The molecule has 0 radical (unpaired) electrons. The van der Waals surface area contributed by atoms with E-state index >= 15 is 0 Å². The van der Waals surface area contributed by atoms with E-state index in [9.17, 15) is 18.4 Å². The Bertz CT molecular complexity index is 673. The van der Waals surface area contributed by atoms with Gasteiger partial charge in [0.05, 0.1) is 13.7 Å². The van der Waals surface area contributed by atoms with E-state index in [0.717, 1.165) is 18.2 Å². The predicted molar refractivity (Wildman–Crippen MR) is 82.0 cm³/mol. The molecule has 7 heteroatoms. The molecule has 1 aliphatic rings. The summed E-state index contributed by atoms with van der Waals surface area (Å²) >= 11 is 0. The second-order valence-electron chi connectivity index (χ2n) is 5.92. The topological polar surface area (TPSA) is 55.8 Å². The van der Waals surface area contributed by atoms with Crippen molar-refractivity contribution >= 4 is 11.9 Å². The fourth-order valence-electron chi connectivity index (χ4n) is 2.47. The first-order valence-corrected chi connectivity index (χ1v) is 7.53. The van der Waals surface area contributed by atoms with Crippen molar-refractivity contribution in [3.8, 4) is 5.75 Å². The van der Waals surface area contributed by atoms with Crippen LogP contribution in [-0.2, 0) is 14.3 Å². The summed E-state index contributed by atoms with van der Waals surface area (Å²) < 4.78 is 36.9. The van der Waals surface area contributed by atoms with Crippen LogP contribution in [0.1, 0.15) is 20.3 Å². The van der Waals surface area contributed by atoms with Crippen molar-refractivity contribution < 1.29 is 27.8 Å². The van der Waals surface area contributed by atoms with Crippen molar-refractivity contribution in [3.63, 3.8) is 0 Å². The van der Waals surface area contributed by atoms with Crippen LogP contribution in [0.2, 0.25) is 0 Å². The van der Waals surface area contributed by atoms with E-state index in [1.165, 1.54) is 18.1 Å². The molecule has 0 aliphatic carbocycles. The smallest absolute Gasteiger partial charge is 0.328 e. The van der Waals surface area contributed by atoms with E-state index in [0.29, 0.717) is 6.42 Å². The number of nitrogens with zero attached hydrogens (tertiary/aromatic N) is 1. The van der Waals surface area contributed by atoms with Gasteiger partial charge in [0.2, 0.25) is 0 Å². The molecule has 1 aromatic rings. The van der Waals surface area contributed by atoms with Gasteiger partial charge in [-0.05, 0) is 24.5 Å². The number of hydrogen-bond donors (Lipinski definition) is 0. The molecule has 0 fully saturated rings. The van der Waals surface area contributed by atoms with Crippen LogP contribution < -0.4 is 4.74 Å². The van der Waals surface area contributed by atoms with Gasteiger partial charge >= 0.3 is 5.97 Å². The monoisotopic (exact) mass is 339 g/mol. The average molecular weight is 339 g/mol. The van der Waals surface area contributed by atoms with Gasteiger partial charge in [0, 0.05) is 12.1 Å². The second-order valence-corrected chi connectivity index (χ2v) is 5.92. The fraction of sp³-hybridized carbons (Fsp3) is 0.412. The zero-order valence-electron chi connectivity index (χ0n) is 13.7. The van der Waals surface area contributed by atoms with Gasteiger partial charge in [-0.1, -0.05) is 13.8 Å². The molecule has 0 saturated carbocycles. The maximum atomic E-state index is 13.6. The summed E-state index contributed by atoms with van der Waals surface area (Å²) in [5.74, 6) is -2.36. The van der Waals surface area contributed by atoms with Crippen LogP contribution in [0, 0.1) is 17.6 Å². The summed E-state index contributed by atoms with van der Waals surface area (Å²) in [6, 6.07) is 2.06. The molecule has 1 aromatic carbocycles. The Morgan fingerprint density at radius 3 is 2.67 bits per heavy atom. The average Bonchev–Trinajstić information content (AvgIpc) is 2.88. The van der Waals surface area contributed by atoms with Crippen LogP contribution in [0.15, 0.2) is 30.0 Å². The Kier molecular flexibility index (Phi) is 5.54. The van der Waals surface area contributed by atoms with Crippen LogP contribution in [0.3, 0.4) is 0 Å². The Morgan fingerprint density at radius 2 is 2.04 bits per heavy atom. The van der Waals surface area contributed by atoms with Gasteiger partial charge in [-0.15, -0.1) is 0 Å². The zero-order valence-corrected chi connectivity index (χ0v) is 13.7. The molecule has 0 N–H and O–H groups in total. The first-order valence-electron chi connectivity index (χ1n) is 7.53. The normalized spacial score (nSPS) is 15.5. The SMILES string of the molecule is COC(=O)[C@H](CC(C)C)N1CC(Oc2cc(F)ccc2F)=CC1=O. The van der Waals surface area contributed by atoms with Crippen LogP contribution in [0.4, 0.5) is 8.78 Å². The van der Waals surface area contributed by atoms with E-state index in [4.69, 9.17) is 9.47 Å². The highest BCUT2D eigenvalue weighted by Crippen LogP contribution is 2.25. The minimum absolute atomic E-state index is 0.0126. The molecule has 2 rings (SSSR count). The molecule has 0 bridgehead atoms. The summed E-state index contributed by atoms with van der Waals surface area (Å²) in [7, 11) is 1.25. The van der Waals surface area contributed by atoms with Gasteiger partial charge in [-0.25, -0.2) is 13.6 Å². The third kappa shape index (κ3) is 4.10. The maximum absolute atomic E-state index is 13.6. The molecule has 0 spiro atoms. The molecule has 5 nitrogen and oxygen atoms in total. The molecule has 1 amide bonds. The van der Waals surface area contributed by atoms with Gasteiger partial charge in [0.25, 0.3) is 5.91 Å². The molecule has 130 valence electrons. The summed E-state index contributed by atoms with van der Waals surface area (Å²) in [5, 5.41) is 0. The largest absolute Gasteiger partial charge is 0.467 e. The standard InChI is InChI=1S/C17H19F2NO4/c1-10(2)6-14(17(22)23-3)20-9-12(8-16(20)21)24-15-7-11(18)4-5-13(15)19/h4-5,7-8,10,14H,6,9H2,1-3H3/t14-/m0/s1. The summed E-state index contributed by atoms with van der Waals surface area (Å²) in [5.41, 5.74) is 0. The Hall–Kier alpha value is -2.44. The number of halogens is 2. The minimum atomic E-state index is -0.753. The Balaban J connectivity index is 2.14. The van der Waals surface area contributed by atoms with Gasteiger partial charge < -0.3 is 14.4 Å². The van der Waals surface area contributed by atoms with Gasteiger partial charge in [0.15, 0.2) is 11.6 Å². The third-order valence-corrected chi connectivity index (χ3v) is 3.57. The lowest BCUT2D eigenvalue weighted by atomic mass is 10.0. The molecule has 0 saturated heterocycles. The highest BCUT2D eigenvalue weighted by Gasteiger charge is 2.35. The summed E-state index contributed by atoms with van der Waals surface area (Å²) in [6.07, 6.45) is 1.59. The van der Waals surface area contributed by atoms with E-state index in [1.54, 1.807) is 0 Å². The predicted octanol–water partition coefficient (Wildman–Crippen LogP) is 2.66. The molecule has 1 atom stereocenters. The molecule has 1 heterocycles.